The van der Waals surface area contributed by atoms with E-state index in [9.17, 15) is 9.59 Å². The number of amides is 2. The van der Waals surface area contributed by atoms with Crippen molar-refractivity contribution in [3.8, 4) is 0 Å². The normalized spacial score (nSPS) is 11.6. The van der Waals surface area contributed by atoms with Gasteiger partial charge in [0.1, 0.15) is 6.04 Å². The minimum absolute atomic E-state index is 0.119. The van der Waals surface area contributed by atoms with E-state index in [1.54, 1.807) is 12.1 Å². The topological polar surface area (TPSA) is 133 Å². The molecule has 0 aliphatic rings. The molecule has 1 atom stereocenters. The number of urea groups is 1. The van der Waals surface area contributed by atoms with Crippen molar-refractivity contribution in [2.45, 2.75) is 19.0 Å². The van der Waals surface area contributed by atoms with E-state index in [-0.39, 0.29) is 13.0 Å². The third-order valence-corrected chi connectivity index (χ3v) is 2.64. The highest BCUT2D eigenvalue weighted by Crippen LogP contribution is 1.99. The number of carboxylic acids is 1. The average molecular weight is 290 g/mol. The van der Waals surface area contributed by atoms with Gasteiger partial charge in [0.05, 0.1) is 18.6 Å². The van der Waals surface area contributed by atoms with Crippen LogP contribution < -0.4 is 10.6 Å². The Bertz CT molecular complexity index is 586. The van der Waals surface area contributed by atoms with Gasteiger partial charge in [0.25, 0.3) is 0 Å². The van der Waals surface area contributed by atoms with Crippen molar-refractivity contribution in [3.05, 3.63) is 42.2 Å². The second-order valence-electron chi connectivity index (χ2n) is 4.21. The summed E-state index contributed by atoms with van der Waals surface area (Å²) in [5.74, 6) is -1.13. The molecule has 0 bridgehead atoms. The Morgan fingerprint density at radius 1 is 1.43 bits per heavy atom. The van der Waals surface area contributed by atoms with Gasteiger partial charge in [-0.15, -0.1) is 0 Å². The van der Waals surface area contributed by atoms with Crippen molar-refractivity contribution in [3.63, 3.8) is 0 Å². The van der Waals surface area contributed by atoms with Crippen LogP contribution >= 0.6 is 0 Å². The second-order valence-corrected chi connectivity index (χ2v) is 4.21. The smallest absolute Gasteiger partial charge is 0.326 e. The molecule has 2 heterocycles. The Morgan fingerprint density at radius 3 is 2.90 bits per heavy atom. The first kappa shape index (κ1) is 14.4. The first-order chi connectivity index (χ1) is 10.1. The number of aromatic nitrogens is 4. The number of H-pyrrole nitrogens is 1. The molecule has 0 saturated heterocycles. The molecule has 0 aromatic carbocycles. The number of rotatable bonds is 6. The number of nitrogens with one attached hydrogen (secondary N) is 3. The molecule has 1 unspecified atom stereocenters. The van der Waals surface area contributed by atoms with Crippen molar-refractivity contribution in [1.82, 2.24) is 30.8 Å². The van der Waals surface area contributed by atoms with Gasteiger partial charge >= 0.3 is 12.0 Å². The minimum atomic E-state index is -1.13. The van der Waals surface area contributed by atoms with E-state index in [1.165, 1.54) is 18.7 Å². The summed E-state index contributed by atoms with van der Waals surface area (Å²) in [5.41, 5.74) is 1.20. The third-order valence-electron chi connectivity index (χ3n) is 2.64. The Hall–Kier alpha value is -2.97. The van der Waals surface area contributed by atoms with Crippen molar-refractivity contribution in [2.75, 3.05) is 0 Å². The quantitative estimate of drug-likeness (QED) is 0.577. The van der Waals surface area contributed by atoms with Crippen LogP contribution in [0, 0.1) is 0 Å². The molecule has 0 radical (unpaired) electrons. The fourth-order valence-electron chi connectivity index (χ4n) is 1.62. The van der Waals surface area contributed by atoms with Gasteiger partial charge in [0.15, 0.2) is 0 Å². The first-order valence-corrected chi connectivity index (χ1v) is 6.16. The maximum absolute atomic E-state index is 11.7. The monoisotopic (exact) mass is 290 g/mol. The van der Waals surface area contributed by atoms with Gasteiger partial charge < -0.3 is 20.7 Å². The highest BCUT2D eigenvalue weighted by atomic mass is 16.4. The van der Waals surface area contributed by atoms with E-state index in [1.807, 2.05) is 0 Å². The van der Waals surface area contributed by atoms with Gasteiger partial charge in [-0.25, -0.2) is 14.6 Å². The highest BCUT2D eigenvalue weighted by Gasteiger charge is 2.20. The number of aromatic amines is 1. The fraction of sp³-hybridized carbons (Fsp3) is 0.250. The van der Waals surface area contributed by atoms with E-state index >= 15 is 0 Å². The van der Waals surface area contributed by atoms with Crippen LogP contribution in [0.5, 0.6) is 0 Å². The van der Waals surface area contributed by atoms with E-state index < -0.39 is 18.0 Å². The molecular weight excluding hydrogens is 276 g/mol. The number of nitrogens with zero attached hydrogens (tertiary/aromatic N) is 3. The SMILES string of the molecule is O=C(NCc1cccnn1)NC(Cc1cnc[nH]1)C(=O)O. The molecule has 110 valence electrons. The van der Waals surface area contributed by atoms with Gasteiger partial charge in [0.2, 0.25) is 0 Å². The van der Waals surface area contributed by atoms with Gasteiger partial charge in [-0.1, -0.05) is 0 Å². The number of carbonyl (C=O) groups excluding carboxylic acids is 1. The zero-order valence-electron chi connectivity index (χ0n) is 11.0. The third kappa shape index (κ3) is 4.56. The summed E-state index contributed by atoms with van der Waals surface area (Å²) in [4.78, 5) is 29.4. The van der Waals surface area contributed by atoms with Crippen LogP contribution in [0.2, 0.25) is 0 Å². The molecule has 9 heteroatoms. The zero-order valence-corrected chi connectivity index (χ0v) is 11.0. The largest absolute Gasteiger partial charge is 0.480 e. The Kier molecular flexibility index (Phi) is 4.80. The number of imidazole rings is 1. The molecule has 4 N–H and O–H groups in total. The van der Waals surface area contributed by atoms with Gasteiger partial charge in [0, 0.05) is 24.5 Å². The molecular formula is C12H14N6O3. The fourth-order valence-corrected chi connectivity index (χ4v) is 1.62. The summed E-state index contributed by atoms with van der Waals surface area (Å²) in [6.07, 6.45) is 4.60. The number of hydrogen-bond acceptors (Lipinski definition) is 5. The van der Waals surface area contributed by atoms with E-state index in [0.717, 1.165) is 0 Å². The minimum Gasteiger partial charge on any atom is -0.480 e. The van der Waals surface area contributed by atoms with Crippen LogP contribution in [0.1, 0.15) is 11.4 Å². The lowest BCUT2D eigenvalue weighted by molar-refractivity contribution is -0.139. The maximum atomic E-state index is 11.7. The molecule has 2 aromatic rings. The molecule has 0 aliphatic carbocycles. The van der Waals surface area contributed by atoms with E-state index in [2.05, 4.69) is 30.8 Å². The molecule has 0 aliphatic heterocycles. The van der Waals surface area contributed by atoms with Crippen LogP contribution in [0.4, 0.5) is 4.79 Å². The van der Waals surface area contributed by atoms with E-state index in [4.69, 9.17) is 5.11 Å². The Labute approximate surface area is 119 Å². The average Bonchev–Trinajstić information content (AvgIpc) is 2.98. The van der Waals surface area contributed by atoms with Crippen LogP contribution in [-0.4, -0.2) is 43.3 Å². The number of carboxylic acid groups (broad SMARTS) is 1. The standard InChI is InChI=1S/C12H14N6O3/c19-11(20)10(4-9-5-13-7-15-9)17-12(21)14-6-8-2-1-3-16-18-8/h1-3,5,7,10H,4,6H2,(H,13,15)(H,19,20)(H2,14,17,21). The number of aliphatic carboxylic acids is 1. The van der Waals surface area contributed by atoms with Gasteiger partial charge in [-0.3, -0.25) is 0 Å². The van der Waals surface area contributed by atoms with Crippen LogP contribution in [0.25, 0.3) is 0 Å². The summed E-state index contributed by atoms with van der Waals surface area (Å²) in [6.45, 7) is 0.163. The molecule has 2 aromatic heterocycles. The predicted octanol–water partition coefficient (Wildman–Crippen LogP) is -0.305. The molecule has 0 spiro atoms. The first-order valence-electron chi connectivity index (χ1n) is 6.16. The van der Waals surface area contributed by atoms with Gasteiger partial charge in [-0.05, 0) is 12.1 Å². The summed E-state index contributed by atoms with van der Waals surface area (Å²) >= 11 is 0. The van der Waals surface area contributed by atoms with E-state index in [0.29, 0.717) is 11.4 Å². The summed E-state index contributed by atoms with van der Waals surface area (Å²) < 4.78 is 0. The van der Waals surface area contributed by atoms with Crippen molar-refractivity contribution < 1.29 is 14.7 Å². The van der Waals surface area contributed by atoms with Crippen molar-refractivity contribution >= 4 is 12.0 Å². The van der Waals surface area contributed by atoms with Crippen molar-refractivity contribution in [1.29, 1.82) is 0 Å². The molecule has 2 rings (SSSR count). The molecule has 0 fully saturated rings. The summed E-state index contributed by atoms with van der Waals surface area (Å²) in [5, 5.41) is 21.5. The summed E-state index contributed by atoms with van der Waals surface area (Å²) in [7, 11) is 0. The second kappa shape index (κ2) is 6.98. The van der Waals surface area contributed by atoms with Crippen molar-refractivity contribution in [2.24, 2.45) is 0 Å². The lowest BCUT2D eigenvalue weighted by Gasteiger charge is -2.14. The lowest BCUT2D eigenvalue weighted by Crippen LogP contribution is -2.47. The Morgan fingerprint density at radius 2 is 2.29 bits per heavy atom. The molecule has 9 nitrogen and oxygen atoms in total. The zero-order chi connectivity index (χ0) is 15.1. The maximum Gasteiger partial charge on any atom is 0.326 e. The lowest BCUT2D eigenvalue weighted by atomic mass is 10.2. The molecule has 2 amide bonds. The van der Waals surface area contributed by atoms with Crippen LogP contribution in [0.3, 0.4) is 0 Å². The van der Waals surface area contributed by atoms with Crippen LogP contribution in [0.15, 0.2) is 30.9 Å². The Balaban J connectivity index is 1.85. The predicted molar refractivity (Wildman–Crippen MR) is 71.1 cm³/mol. The molecule has 21 heavy (non-hydrogen) atoms. The summed E-state index contributed by atoms with van der Waals surface area (Å²) in [6, 6.07) is 1.76. The number of hydrogen-bond donors (Lipinski definition) is 4. The van der Waals surface area contributed by atoms with Gasteiger partial charge in [-0.2, -0.15) is 10.2 Å². The highest BCUT2D eigenvalue weighted by molar-refractivity contribution is 5.82. The molecule has 0 saturated carbocycles. The number of carbonyl (C=O) groups is 2. The van der Waals surface area contributed by atoms with Crippen LogP contribution in [-0.2, 0) is 17.8 Å².